The van der Waals surface area contributed by atoms with Crippen molar-refractivity contribution in [2.75, 3.05) is 19.0 Å². The normalized spacial score (nSPS) is 10.4. The molecule has 0 spiro atoms. The second-order valence-electron chi connectivity index (χ2n) is 3.28. The number of aromatic nitrogens is 2. The summed E-state index contributed by atoms with van der Waals surface area (Å²) in [6.45, 7) is 0. The zero-order valence-corrected chi connectivity index (χ0v) is 8.14. The molecule has 0 saturated heterocycles. The first-order valence-electron chi connectivity index (χ1n) is 4.32. The average molecular weight is 189 g/mol. The van der Waals surface area contributed by atoms with Crippen LogP contribution >= 0.6 is 0 Å². The third kappa shape index (κ3) is 1.16. The molecule has 0 aliphatic heterocycles. The van der Waals surface area contributed by atoms with Crippen molar-refractivity contribution in [3.8, 4) is 0 Å². The summed E-state index contributed by atoms with van der Waals surface area (Å²) in [5, 5.41) is 0. The molecular weight excluding hydrogens is 178 g/mol. The smallest absolute Gasteiger partial charge is 0.170 e. The summed E-state index contributed by atoms with van der Waals surface area (Å²) < 4.78 is 1.89. The first kappa shape index (κ1) is 8.74. The lowest BCUT2D eigenvalue weighted by Crippen LogP contribution is -2.12. The minimum atomic E-state index is 0.480. The summed E-state index contributed by atoms with van der Waals surface area (Å²) in [5.74, 6) is 1.00. The molecule has 0 aromatic carbocycles. The van der Waals surface area contributed by atoms with E-state index in [1.807, 2.05) is 41.6 Å². The fourth-order valence-electron chi connectivity index (χ4n) is 1.48. The molecule has 2 rings (SSSR count). The summed E-state index contributed by atoms with van der Waals surface area (Å²) >= 11 is 0. The van der Waals surface area contributed by atoms with Gasteiger partial charge in [0, 0.05) is 14.1 Å². The van der Waals surface area contributed by atoms with E-state index < -0.39 is 0 Å². The number of fused-ring (bicyclic) bond motifs is 1. The van der Waals surface area contributed by atoms with Gasteiger partial charge in [-0.3, -0.25) is 9.20 Å². The van der Waals surface area contributed by atoms with Crippen LogP contribution in [0.4, 0.5) is 5.82 Å². The SMILES string of the molecule is CN(C)c1cccc2c(C=O)ncn12. The Hall–Kier alpha value is -1.84. The summed E-state index contributed by atoms with van der Waals surface area (Å²) in [6.07, 6.45) is 2.43. The molecule has 0 N–H and O–H groups in total. The van der Waals surface area contributed by atoms with Crippen LogP contribution < -0.4 is 4.90 Å². The third-order valence-corrected chi connectivity index (χ3v) is 2.15. The number of hydrogen-bond donors (Lipinski definition) is 0. The number of carbonyl (C=O) groups excluding carboxylic acids is 1. The Bertz CT molecular complexity index is 473. The quantitative estimate of drug-likeness (QED) is 0.666. The van der Waals surface area contributed by atoms with E-state index in [0.29, 0.717) is 5.69 Å². The number of carbonyl (C=O) groups is 1. The first-order chi connectivity index (χ1) is 6.74. The van der Waals surface area contributed by atoms with Crippen LogP contribution in [0.1, 0.15) is 10.5 Å². The molecule has 72 valence electrons. The Labute approximate surface area is 81.8 Å². The molecule has 2 aromatic rings. The second kappa shape index (κ2) is 3.14. The molecule has 14 heavy (non-hydrogen) atoms. The number of nitrogens with zero attached hydrogens (tertiary/aromatic N) is 3. The topological polar surface area (TPSA) is 37.6 Å². The molecule has 2 heterocycles. The van der Waals surface area contributed by atoms with Crippen LogP contribution in [-0.2, 0) is 0 Å². The first-order valence-corrected chi connectivity index (χ1v) is 4.32. The van der Waals surface area contributed by atoms with Gasteiger partial charge in [-0.15, -0.1) is 0 Å². The maximum absolute atomic E-state index is 10.7. The molecule has 0 aliphatic rings. The molecule has 0 radical (unpaired) electrons. The Morgan fingerprint density at radius 2 is 2.21 bits per heavy atom. The van der Waals surface area contributed by atoms with E-state index in [1.54, 1.807) is 6.33 Å². The lowest BCUT2D eigenvalue weighted by atomic mass is 10.3. The van der Waals surface area contributed by atoms with Gasteiger partial charge in [0.25, 0.3) is 0 Å². The summed E-state index contributed by atoms with van der Waals surface area (Å²) in [4.78, 5) is 16.7. The van der Waals surface area contributed by atoms with E-state index in [4.69, 9.17) is 0 Å². The number of aldehydes is 1. The minimum Gasteiger partial charge on any atom is -0.364 e. The van der Waals surface area contributed by atoms with Crippen molar-refractivity contribution in [1.29, 1.82) is 0 Å². The summed E-state index contributed by atoms with van der Waals surface area (Å²) in [7, 11) is 3.91. The van der Waals surface area contributed by atoms with Gasteiger partial charge in [-0.05, 0) is 12.1 Å². The highest BCUT2D eigenvalue weighted by Gasteiger charge is 2.06. The fraction of sp³-hybridized carbons (Fsp3) is 0.200. The molecule has 0 aliphatic carbocycles. The van der Waals surface area contributed by atoms with Crippen molar-refractivity contribution in [2.24, 2.45) is 0 Å². The Morgan fingerprint density at radius 1 is 1.43 bits per heavy atom. The van der Waals surface area contributed by atoms with Crippen molar-refractivity contribution < 1.29 is 4.79 Å². The van der Waals surface area contributed by atoms with Crippen molar-refractivity contribution in [3.63, 3.8) is 0 Å². The van der Waals surface area contributed by atoms with E-state index >= 15 is 0 Å². The average Bonchev–Trinajstić information content (AvgIpc) is 2.59. The zero-order valence-electron chi connectivity index (χ0n) is 8.14. The number of imidazole rings is 1. The predicted octanol–water partition coefficient (Wildman–Crippen LogP) is 1.21. The van der Waals surface area contributed by atoms with Crippen molar-refractivity contribution in [2.45, 2.75) is 0 Å². The third-order valence-electron chi connectivity index (χ3n) is 2.15. The minimum absolute atomic E-state index is 0.480. The maximum atomic E-state index is 10.7. The Morgan fingerprint density at radius 3 is 2.86 bits per heavy atom. The molecule has 0 saturated carbocycles. The largest absolute Gasteiger partial charge is 0.364 e. The van der Waals surface area contributed by atoms with Gasteiger partial charge in [0.15, 0.2) is 6.29 Å². The zero-order chi connectivity index (χ0) is 10.1. The molecular formula is C10H11N3O. The maximum Gasteiger partial charge on any atom is 0.170 e. The highest BCUT2D eigenvalue weighted by Crippen LogP contribution is 2.16. The molecule has 4 heteroatoms. The van der Waals surface area contributed by atoms with Crippen molar-refractivity contribution in [1.82, 2.24) is 9.38 Å². The van der Waals surface area contributed by atoms with Crippen molar-refractivity contribution >= 4 is 17.6 Å². The van der Waals surface area contributed by atoms with Gasteiger partial charge >= 0.3 is 0 Å². The predicted molar refractivity (Wildman–Crippen MR) is 54.9 cm³/mol. The Kier molecular flexibility index (Phi) is 1.96. The van der Waals surface area contributed by atoms with Crippen LogP contribution in [0.3, 0.4) is 0 Å². The van der Waals surface area contributed by atoms with Crippen LogP contribution in [0.15, 0.2) is 24.5 Å². The van der Waals surface area contributed by atoms with Crippen LogP contribution in [-0.4, -0.2) is 29.8 Å². The molecule has 0 fully saturated rings. The molecule has 0 bridgehead atoms. The Balaban J connectivity index is 2.76. The summed E-state index contributed by atoms with van der Waals surface area (Å²) in [5.41, 5.74) is 1.32. The van der Waals surface area contributed by atoms with E-state index in [9.17, 15) is 4.79 Å². The number of hydrogen-bond acceptors (Lipinski definition) is 3. The van der Waals surface area contributed by atoms with Gasteiger partial charge in [0.1, 0.15) is 17.8 Å². The molecule has 0 unspecified atom stereocenters. The van der Waals surface area contributed by atoms with Gasteiger partial charge in [-0.2, -0.15) is 0 Å². The van der Waals surface area contributed by atoms with E-state index in [0.717, 1.165) is 17.6 Å². The van der Waals surface area contributed by atoms with Gasteiger partial charge in [-0.25, -0.2) is 4.98 Å². The molecule has 0 amide bonds. The number of pyridine rings is 1. The van der Waals surface area contributed by atoms with Crippen molar-refractivity contribution in [3.05, 3.63) is 30.2 Å². The summed E-state index contributed by atoms with van der Waals surface area (Å²) in [6, 6.07) is 5.77. The van der Waals surface area contributed by atoms with Gasteiger partial charge < -0.3 is 4.90 Å². The van der Waals surface area contributed by atoms with E-state index in [-0.39, 0.29) is 0 Å². The lowest BCUT2D eigenvalue weighted by molar-refractivity contribution is 0.112. The number of anilines is 1. The molecule has 0 atom stereocenters. The van der Waals surface area contributed by atoms with Gasteiger partial charge in [0.2, 0.25) is 0 Å². The second-order valence-corrected chi connectivity index (χ2v) is 3.28. The van der Waals surface area contributed by atoms with Crippen LogP contribution in [0.5, 0.6) is 0 Å². The van der Waals surface area contributed by atoms with Gasteiger partial charge in [-0.1, -0.05) is 6.07 Å². The fourth-order valence-corrected chi connectivity index (χ4v) is 1.48. The van der Waals surface area contributed by atoms with Crippen LogP contribution in [0.25, 0.3) is 5.52 Å². The molecule has 2 aromatic heterocycles. The number of rotatable bonds is 2. The van der Waals surface area contributed by atoms with Crippen LogP contribution in [0.2, 0.25) is 0 Å². The standard InChI is InChI=1S/C10H11N3O/c1-12(2)10-5-3-4-9-8(6-14)11-7-13(9)10/h3-7H,1-2H3. The monoisotopic (exact) mass is 189 g/mol. The highest BCUT2D eigenvalue weighted by atomic mass is 16.1. The highest BCUT2D eigenvalue weighted by molar-refractivity contribution is 5.84. The van der Waals surface area contributed by atoms with Gasteiger partial charge in [0.05, 0.1) is 5.52 Å². The van der Waals surface area contributed by atoms with Crippen LogP contribution in [0, 0.1) is 0 Å². The van der Waals surface area contributed by atoms with E-state index in [2.05, 4.69) is 4.98 Å². The lowest BCUT2D eigenvalue weighted by Gasteiger charge is -2.13. The molecule has 4 nitrogen and oxygen atoms in total. The van der Waals surface area contributed by atoms with E-state index in [1.165, 1.54) is 0 Å².